The van der Waals surface area contributed by atoms with Crippen LogP contribution >= 0.6 is 0 Å². The summed E-state index contributed by atoms with van der Waals surface area (Å²) in [5, 5.41) is 14.1. The zero-order valence-corrected chi connectivity index (χ0v) is 14.7. The van der Waals surface area contributed by atoms with Gasteiger partial charge in [0.15, 0.2) is 17.3 Å². The predicted octanol–water partition coefficient (Wildman–Crippen LogP) is 4.06. The highest BCUT2D eigenvalue weighted by Crippen LogP contribution is 2.30. The number of nitrogens with zero attached hydrogens (tertiary/aromatic N) is 1. The average Bonchev–Trinajstić information content (AvgIpc) is 2.62. The second-order valence-electron chi connectivity index (χ2n) is 5.59. The fraction of sp³-hybridized carbons (Fsp3) is 0.278. The Hall–Kier alpha value is -3.23. The van der Waals surface area contributed by atoms with Crippen LogP contribution in [-0.4, -0.2) is 31.0 Å². The van der Waals surface area contributed by atoms with E-state index >= 15 is 0 Å². The predicted molar refractivity (Wildman–Crippen MR) is 94.9 cm³/mol. The van der Waals surface area contributed by atoms with Crippen LogP contribution in [0.2, 0.25) is 0 Å². The number of Topliss-reactive ketones (excluding diaryl/α,β-unsaturated/α-hetero) is 1. The van der Waals surface area contributed by atoms with Crippen molar-refractivity contribution in [1.82, 2.24) is 0 Å². The van der Waals surface area contributed by atoms with Crippen LogP contribution in [-0.2, 0) is 6.42 Å². The molecule has 1 N–H and O–H groups in total. The van der Waals surface area contributed by atoms with Gasteiger partial charge in [-0.05, 0) is 43.2 Å². The summed E-state index contributed by atoms with van der Waals surface area (Å²) in [5.41, 5.74) is 1.12. The molecule has 144 valence electrons. The van der Waals surface area contributed by atoms with E-state index in [1.165, 1.54) is 38.3 Å². The molecule has 0 saturated carbocycles. The van der Waals surface area contributed by atoms with E-state index < -0.39 is 11.5 Å². The van der Waals surface area contributed by atoms with E-state index in [9.17, 15) is 23.7 Å². The lowest BCUT2D eigenvalue weighted by molar-refractivity contribution is -0.384. The third-order valence-electron chi connectivity index (χ3n) is 3.77. The first kappa shape index (κ1) is 20.1. The van der Waals surface area contributed by atoms with E-state index in [0.717, 1.165) is 5.56 Å². The third kappa shape index (κ3) is 5.37. The minimum atomic E-state index is -2.95. The minimum Gasteiger partial charge on any atom is -0.493 e. The first-order valence-electron chi connectivity index (χ1n) is 7.96. The van der Waals surface area contributed by atoms with Gasteiger partial charge in [0.05, 0.1) is 12.0 Å². The standard InChI is InChI=1S/C18H18F2N2O5/c1-11(23)13-4-5-14(15(10-13)22(24)25)21-8-7-12-3-6-16(27-18(19)20)17(9-12)26-2/h3-6,9-10,18,21H,7-8H2,1-2H3. The summed E-state index contributed by atoms with van der Waals surface area (Å²) >= 11 is 0. The van der Waals surface area contributed by atoms with Crippen molar-refractivity contribution in [2.45, 2.75) is 20.0 Å². The lowest BCUT2D eigenvalue weighted by Crippen LogP contribution is -2.08. The summed E-state index contributed by atoms with van der Waals surface area (Å²) in [5.74, 6) is -0.160. The van der Waals surface area contributed by atoms with Gasteiger partial charge in [-0.15, -0.1) is 0 Å². The molecule has 0 spiro atoms. The van der Waals surface area contributed by atoms with Crippen LogP contribution in [0.5, 0.6) is 11.5 Å². The van der Waals surface area contributed by atoms with Gasteiger partial charge in [0, 0.05) is 18.2 Å². The molecule has 7 nitrogen and oxygen atoms in total. The molecule has 0 unspecified atom stereocenters. The highest BCUT2D eigenvalue weighted by atomic mass is 19.3. The summed E-state index contributed by atoms with van der Waals surface area (Å²) in [6.45, 7) is -1.27. The van der Waals surface area contributed by atoms with Gasteiger partial charge in [-0.25, -0.2) is 0 Å². The number of alkyl halides is 2. The van der Waals surface area contributed by atoms with Crippen LogP contribution in [0, 0.1) is 10.1 Å². The number of nitrogens with one attached hydrogen (secondary N) is 1. The number of anilines is 1. The molecular weight excluding hydrogens is 362 g/mol. The lowest BCUT2D eigenvalue weighted by atomic mass is 10.1. The van der Waals surface area contributed by atoms with Gasteiger partial charge in [-0.2, -0.15) is 8.78 Å². The Labute approximate surface area is 154 Å². The van der Waals surface area contributed by atoms with Gasteiger partial charge in [-0.1, -0.05) is 6.07 Å². The summed E-state index contributed by atoms with van der Waals surface area (Å²) < 4.78 is 34.1. The fourth-order valence-electron chi connectivity index (χ4n) is 2.45. The van der Waals surface area contributed by atoms with Crippen molar-refractivity contribution in [3.8, 4) is 11.5 Å². The second-order valence-corrected chi connectivity index (χ2v) is 5.59. The molecule has 0 aliphatic rings. The van der Waals surface area contributed by atoms with Crippen molar-refractivity contribution in [2.24, 2.45) is 0 Å². The largest absolute Gasteiger partial charge is 0.493 e. The quantitative estimate of drug-likeness (QED) is 0.401. The van der Waals surface area contributed by atoms with Gasteiger partial charge in [0.2, 0.25) is 0 Å². The topological polar surface area (TPSA) is 90.7 Å². The first-order valence-corrected chi connectivity index (χ1v) is 7.96. The Balaban J connectivity index is 2.08. The van der Waals surface area contributed by atoms with Crippen LogP contribution < -0.4 is 14.8 Å². The number of carbonyl (C=O) groups is 1. The third-order valence-corrected chi connectivity index (χ3v) is 3.77. The molecular formula is C18H18F2N2O5. The maximum absolute atomic E-state index is 12.3. The Bertz CT molecular complexity index is 842. The van der Waals surface area contributed by atoms with E-state index in [2.05, 4.69) is 10.1 Å². The van der Waals surface area contributed by atoms with E-state index in [1.807, 2.05) is 0 Å². The Morgan fingerprint density at radius 2 is 1.96 bits per heavy atom. The molecule has 0 fully saturated rings. The molecule has 0 bridgehead atoms. The number of ether oxygens (including phenoxy) is 2. The fourth-order valence-corrected chi connectivity index (χ4v) is 2.45. The smallest absolute Gasteiger partial charge is 0.387 e. The second kappa shape index (κ2) is 8.93. The molecule has 0 aromatic heterocycles. The monoisotopic (exact) mass is 380 g/mol. The summed E-state index contributed by atoms with van der Waals surface area (Å²) in [6, 6.07) is 8.77. The molecule has 0 aliphatic carbocycles. The normalized spacial score (nSPS) is 10.6. The van der Waals surface area contributed by atoms with Crippen LogP contribution in [0.3, 0.4) is 0 Å². The maximum Gasteiger partial charge on any atom is 0.387 e. The van der Waals surface area contributed by atoms with Gasteiger partial charge in [-0.3, -0.25) is 14.9 Å². The lowest BCUT2D eigenvalue weighted by Gasteiger charge is -2.12. The SMILES string of the molecule is COc1cc(CCNc2ccc(C(C)=O)cc2[N+](=O)[O-])ccc1OC(F)F. The average molecular weight is 380 g/mol. The number of hydrogen-bond donors (Lipinski definition) is 1. The van der Waals surface area contributed by atoms with Crippen molar-refractivity contribution >= 4 is 17.2 Å². The van der Waals surface area contributed by atoms with Crippen molar-refractivity contribution in [3.63, 3.8) is 0 Å². The van der Waals surface area contributed by atoms with Crippen LogP contribution in [0.15, 0.2) is 36.4 Å². The number of halogens is 2. The van der Waals surface area contributed by atoms with E-state index in [4.69, 9.17) is 4.74 Å². The van der Waals surface area contributed by atoms with Gasteiger partial charge in [0.1, 0.15) is 5.69 Å². The van der Waals surface area contributed by atoms with Crippen LogP contribution in [0.1, 0.15) is 22.8 Å². The number of methoxy groups -OCH3 is 1. The van der Waals surface area contributed by atoms with Gasteiger partial charge < -0.3 is 14.8 Å². The molecule has 0 radical (unpaired) electrons. The molecule has 9 heteroatoms. The van der Waals surface area contributed by atoms with Crippen molar-refractivity contribution < 1.29 is 28.0 Å². The number of carbonyl (C=O) groups excluding carboxylic acids is 1. The van der Waals surface area contributed by atoms with Crippen molar-refractivity contribution in [2.75, 3.05) is 19.0 Å². The molecule has 2 aromatic carbocycles. The van der Waals surface area contributed by atoms with Crippen molar-refractivity contribution in [1.29, 1.82) is 0 Å². The Morgan fingerprint density at radius 1 is 1.22 bits per heavy atom. The van der Waals surface area contributed by atoms with Gasteiger partial charge in [0.25, 0.3) is 5.69 Å². The molecule has 2 rings (SSSR count). The molecule has 2 aromatic rings. The zero-order valence-electron chi connectivity index (χ0n) is 14.7. The Kier molecular flexibility index (Phi) is 6.64. The molecule has 0 aliphatic heterocycles. The molecule has 0 atom stereocenters. The van der Waals surface area contributed by atoms with Gasteiger partial charge >= 0.3 is 6.61 Å². The summed E-state index contributed by atoms with van der Waals surface area (Å²) in [4.78, 5) is 22.0. The maximum atomic E-state index is 12.3. The highest BCUT2D eigenvalue weighted by molar-refractivity contribution is 5.95. The zero-order chi connectivity index (χ0) is 20.0. The summed E-state index contributed by atoms with van der Waals surface area (Å²) in [6.07, 6.45) is 0.455. The van der Waals surface area contributed by atoms with Crippen LogP contribution in [0.4, 0.5) is 20.2 Å². The number of nitro groups is 1. The minimum absolute atomic E-state index is 0.0698. The highest BCUT2D eigenvalue weighted by Gasteiger charge is 2.16. The molecule has 0 saturated heterocycles. The van der Waals surface area contributed by atoms with E-state index in [1.54, 1.807) is 12.1 Å². The number of rotatable bonds is 9. The number of hydrogen-bond acceptors (Lipinski definition) is 6. The Morgan fingerprint density at radius 3 is 2.56 bits per heavy atom. The number of ketones is 1. The van der Waals surface area contributed by atoms with Crippen LogP contribution in [0.25, 0.3) is 0 Å². The number of nitro benzene ring substituents is 1. The molecule has 0 amide bonds. The molecule has 27 heavy (non-hydrogen) atoms. The van der Waals surface area contributed by atoms with Crippen molar-refractivity contribution in [3.05, 3.63) is 57.6 Å². The molecule has 0 heterocycles. The van der Waals surface area contributed by atoms with E-state index in [-0.39, 0.29) is 34.2 Å². The summed E-state index contributed by atoms with van der Waals surface area (Å²) in [7, 11) is 1.34. The first-order chi connectivity index (χ1) is 12.8. The number of benzene rings is 2. The van der Waals surface area contributed by atoms with E-state index in [0.29, 0.717) is 13.0 Å².